The van der Waals surface area contributed by atoms with Crippen molar-refractivity contribution in [3.63, 3.8) is 0 Å². The topological polar surface area (TPSA) is 122 Å². The van der Waals surface area contributed by atoms with E-state index in [-0.39, 0.29) is 23.6 Å². The zero-order valence-electron chi connectivity index (χ0n) is 34.8. The third-order valence-corrected chi connectivity index (χ3v) is 12.9. The molecule has 1 fully saturated rings. The number of hydrogen-bond acceptors (Lipinski definition) is 12. The average Bonchev–Trinajstić information content (AvgIpc) is 4.12. The number of rotatable bonds is 10. The molecule has 7 heterocycles. The second-order valence-corrected chi connectivity index (χ2v) is 17.0. The van der Waals surface area contributed by atoms with Gasteiger partial charge in [-0.2, -0.15) is 19.2 Å². The standard InChI is InChI=1S/C26H29FN6O2S.C18H15BrFN5S/c1-4-20-24(31(3)25-29-22(16-36-25)17-6-8-19(27)9-7-17)33-23(28-20)11-10-21(30-33)18-12-14-32(15-13-18)26(34)35-5-2;1-3-13-17(25-16(21-13)9-8-15(19)23-25)24(2)18-22-14(10-26-18)11-4-6-12(20)7-5-11/h6-11,16,18H,4-5,12-15H2,1-3H3;4-10H,3H2,1-2H3. The molecule has 0 atom stereocenters. The van der Waals surface area contributed by atoms with Crippen LogP contribution in [0.5, 0.6) is 0 Å². The Labute approximate surface area is 373 Å². The van der Waals surface area contributed by atoms with Gasteiger partial charge in [0.1, 0.15) is 16.2 Å². The van der Waals surface area contributed by atoms with Crippen LogP contribution in [0.1, 0.15) is 56.6 Å². The molecule has 0 bridgehead atoms. The van der Waals surface area contributed by atoms with E-state index in [1.54, 1.807) is 29.2 Å². The number of amides is 1. The number of nitrogens with zero attached hydrogens (tertiary/aromatic N) is 11. The largest absolute Gasteiger partial charge is 0.450 e. The van der Waals surface area contributed by atoms with Gasteiger partial charge in [-0.05, 0) is 121 Å². The lowest BCUT2D eigenvalue weighted by Gasteiger charge is -2.30. The lowest BCUT2D eigenvalue weighted by molar-refractivity contribution is 0.0968. The van der Waals surface area contributed by atoms with E-state index >= 15 is 0 Å². The quantitative estimate of drug-likeness (QED) is 0.131. The number of fused-ring (bicyclic) bond motifs is 2. The van der Waals surface area contributed by atoms with Crippen LogP contribution in [0.4, 0.5) is 35.5 Å². The fraction of sp³-hybridized carbons (Fsp3) is 0.295. The van der Waals surface area contributed by atoms with Gasteiger partial charge in [0.25, 0.3) is 0 Å². The molecule has 2 aromatic carbocycles. The van der Waals surface area contributed by atoms with Gasteiger partial charge in [0.15, 0.2) is 33.2 Å². The van der Waals surface area contributed by atoms with Crippen LogP contribution < -0.4 is 9.80 Å². The summed E-state index contributed by atoms with van der Waals surface area (Å²) >= 11 is 6.47. The first-order chi connectivity index (χ1) is 30.0. The van der Waals surface area contributed by atoms with Gasteiger partial charge in [-0.1, -0.05) is 13.8 Å². The molecule has 1 saturated heterocycles. The van der Waals surface area contributed by atoms with E-state index in [2.05, 4.69) is 39.9 Å². The van der Waals surface area contributed by atoms with Gasteiger partial charge in [-0.15, -0.1) is 22.7 Å². The predicted molar refractivity (Wildman–Crippen MR) is 244 cm³/mol. The predicted octanol–water partition coefficient (Wildman–Crippen LogP) is 10.7. The Balaban J connectivity index is 0.000000180. The molecule has 0 radical (unpaired) electrons. The normalized spacial score (nSPS) is 13.1. The van der Waals surface area contributed by atoms with E-state index < -0.39 is 0 Å². The monoisotopic (exact) mass is 939 g/mol. The Morgan fingerprint density at radius 1 is 0.710 bits per heavy atom. The number of halogens is 3. The molecule has 62 heavy (non-hydrogen) atoms. The number of likely N-dealkylation sites (tertiary alicyclic amines) is 1. The third kappa shape index (κ3) is 8.89. The molecule has 18 heteroatoms. The Morgan fingerprint density at radius 2 is 1.19 bits per heavy atom. The number of carbonyl (C=O) groups excluding carboxylic acids is 1. The van der Waals surface area contributed by atoms with Crippen molar-refractivity contribution in [3.05, 3.63) is 117 Å². The minimum Gasteiger partial charge on any atom is -0.450 e. The molecule has 6 aromatic heterocycles. The molecule has 0 spiro atoms. The minimum atomic E-state index is -0.266. The number of benzene rings is 2. The van der Waals surface area contributed by atoms with Crippen molar-refractivity contribution >= 4 is 77.9 Å². The van der Waals surface area contributed by atoms with E-state index in [0.717, 1.165) is 103 Å². The third-order valence-electron chi connectivity index (χ3n) is 10.6. The maximum atomic E-state index is 13.3. The van der Waals surface area contributed by atoms with Gasteiger partial charge in [-0.25, -0.2) is 33.5 Å². The molecule has 8 aromatic rings. The number of carbonyl (C=O) groups is 1. The highest BCUT2D eigenvalue weighted by molar-refractivity contribution is 9.10. The van der Waals surface area contributed by atoms with Crippen LogP contribution in [-0.2, 0) is 17.6 Å². The van der Waals surface area contributed by atoms with Crippen molar-refractivity contribution in [1.29, 1.82) is 0 Å². The highest BCUT2D eigenvalue weighted by Crippen LogP contribution is 2.36. The van der Waals surface area contributed by atoms with Crippen LogP contribution in [0.2, 0.25) is 0 Å². The smallest absolute Gasteiger partial charge is 0.409 e. The number of thiazole rings is 2. The van der Waals surface area contributed by atoms with Gasteiger partial charge >= 0.3 is 6.09 Å². The van der Waals surface area contributed by atoms with E-state index in [4.69, 9.17) is 24.8 Å². The van der Waals surface area contributed by atoms with Crippen molar-refractivity contribution in [2.24, 2.45) is 0 Å². The van der Waals surface area contributed by atoms with E-state index in [1.165, 1.54) is 46.9 Å². The summed E-state index contributed by atoms with van der Waals surface area (Å²) in [4.78, 5) is 36.9. The van der Waals surface area contributed by atoms with Gasteiger partial charge in [0, 0.05) is 55.0 Å². The lowest BCUT2D eigenvalue weighted by Crippen LogP contribution is -2.38. The fourth-order valence-corrected chi connectivity index (χ4v) is 9.28. The Morgan fingerprint density at radius 3 is 1.68 bits per heavy atom. The Bertz CT molecular complexity index is 2820. The second kappa shape index (κ2) is 18.6. The summed E-state index contributed by atoms with van der Waals surface area (Å²) in [5.74, 6) is 1.52. The molecule has 1 aliphatic rings. The van der Waals surface area contributed by atoms with Crippen molar-refractivity contribution < 1.29 is 18.3 Å². The maximum absolute atomic E-state index is 13.3. The average molecular weight is 941 g/mol. The number of aromatic nitrogens is 8. The van der Waals surface area contributed by atoms with Crippen molar-refractivity contribution in [3.8, 4) is 22.5 Å². The number of aryl methyl sites for hydroxylation is 2. The molecular formula is C44H44BrF2N11O2S2. The number of hydrogen-bond donors (Lipinski definition) is 0. The first-order valence-electron chi connectivity index (χ1n) is 20.3. The number of ether oxygens (including phenoxy) is 1. The van der Waals surface area contributed by atoms with Crippen LogP contribution in [0.15, 0.2) is 88.2 Å². The van der Waals surface area contributed by atoms with E-state index in [1.807, 2.05) is 74.9 Å². The summed E-state index contributed by atoms with van der Waals surface area (Å²) in [5, 5.41) is 15.1. The van der Waals surface area contributed by atoms with Crippen LogP contribution in [-0.4, -0.2) is 83.9 Å². The molecular weight excluding hydrogens is 897 g/mol. The van der Waals surface area contributed by atoms with Crippen molar-refractivity contribution in [2.45, 2.75) is 52.4 Å². The van der Waals surface area contributed by atoms with Crippen LogP contribution in [0.25, 0.3) is 33.8 Å². The summed E-state index contributed by atoms with van der Waals surface area (Å²) < 4.78 is 36.1. The summed E-state index contributed by atoms with van der Waals surface area (Å²) in [5.41, 5.74) is 7.85. The SMILES string of the molecule is CCOC(=O)N1CCC(c2ccc3nc(CC)c(N(C)c4nc(-c5ccc(F)cc5)cs4)n3n2)CC1.CCc1nc2ccc(Br)nn2c1N(C)c1nc(-c2ccc(F)cc2)cs1. The summed E-state index contributed by atoms with van der Waals surface area (Å²) in [6.07, 6.45) is 2.98. The minimum absolute atomic E-state index is 0.242. The molecule has 0 aliphatic carbocycles. The summed E-state index contributed by atoms with van der Waals surface area (Å²) in [6.45, 7) is 7.68. The summed E-state index contributed by atoms with van der Waals surface area (Å²) in [7, 11) is 3.93. The highest BCUT2D eigenvalue weighted by atomic mass is 79.9. The van der Waals surface area contributed by atoms with E-state index in [9.17, 15) is 13.6 Å². The van der Waals surface area contributed by atoms with Gasteiger partial charge in [0.2, 0.25) is 0 Å². The lowest BCUT2D eigenvalue weighted by atomic mass is 9.93. The molecule has 1 amide bonds. The molecule has 320 valence electrons. The molecule has 1 aliphatic heterocycles. The maximum Gasteiger partial charge on any atom is 0.409 e. The highest BCUT2D eigenvalue weighted by Gasteiger charge is 2.27. The number of piperidine rings is 1. The second-order valence-electron chi connectivity index (χ2n) is 14.5. The van der Waals surface area contributed by atoms with Gasteiger partial charge in [-0.3, -0.25) is 0 Å². The van der Waals surface area contributed by atoms with Crippen molar-refractivity contribution in [2.75, 3.05) is 43.6 Å². The zero-order valence-corrected chi connectivity index (χ0v) is 38.0. The number of imidazole rings is 2. The van der Waals surface area contributed by atoms with Crippen LogP contribution in [0.3, 0.4) is 0 Å². The molecule has 0 saturated carbocycles. The number of anilines is 4. The zero-order chi connectivity index (χ0) is 43.5. The molecule has 0 unspecified atom stereocenters. The molecule has 13 nitrogen and oxygen atoms in total. The van der Waals surface area contributed by atoms with Gasteiger partial charge < -0.3 is 19.4 Å². The first-order valence-corrected chi connectivity index (χ1v) is 22.8. The fourth-order valence-electron chi connectivity index (χ4n) is 7.39. The Hall–Kier alpha value is -5.85. The Kier molecular flexibility index (Phi) is 12.9. The van der Waals surface area contributed by atoms with Crippen LogP contribution >= 0.6 is 38.6 Å². The van der Waals surface area contributed by atoms with E-state index in [0.29, 0.717) is 19.7 Å². The van der Waals surface area contributed by atoms with Gasteiger partial charge in [0.05, 0.1) is 35.1 Å². The molecule has 0 N–H and O–H groups in total. The van der Waals surface area contributed by atoms with Crippen LogP contribution in [0, 0.1) is 11.6 Å². The summed E-state index contributed by atoms with van der Waals surface area (Å²) in [6, 6.07) is 20.6. The first kappa shape index (κ1) is 42.8. The molecule has 9 rings (SSSR count). The van der Waals surface area contributed by atoms with Crippen molar-refractivity contribution in [1.82, 2.24) is 44.1 Å².